The Kier molecular flexibility index (Phi) is 6.86. The zero-order valence-corrected chi connectivity index (χ0v) is 13.1. The highest BCUT2D eigenvalue weighted by molar-refractivity contribution is 5.85. The standard InChI is InChI=1S/C16H24N2O.ClH/c1-12-8-13(2)10-15(9-12)18-16(19)11-17-14-6-4-3-5-7-14;/h3-7,12-13,15,17H,8-11H2,1-2H3,(H,18,19);1H. The highest BCUT2D eigenvalue weighted by Gasteiger charge is 2.24. The van der Waals surface area contributed by atoms with Crippen molar-refractivity contribution >= 4 is 24.0 Å². The first-order valence-electron chi connectivity index (χ1n) is 7.21. The van der Waals surface area contributed by atoms with Crippen LogP contribution in [0, 0.1) is 11.8 Å². The van der Waals surface area contributed by atoms with Gasteiger partial charge in [-0.1, -0.05) is 32.0 Å². The fraction of sp³-hybridized carbons (Fsp3) is 0.562. The van der Waals surface area contributed by atoms with Crippen molar-refractivity contribution in [3.63, 3.8) is 0 Å². The molecule has 1 aromatic carbocycles. The molecular weight excluding hydrogens is 272 g/mol. The second-order valence-electron chi connectivity index (χ2n) is 5.90. The Hall–Kier alpha value is -1.22. The first-order chi connectivity index (χ1) is 9.13. The average molecular weight is 297 g/mol. The minimum atomic E-state index is 0. The first kappa shape index (κ1) is 16.8. The van der Waals surface area contributed by atoms with Crippen molar-refractivity contribution in [2.45, 2.75) is 39.2 Å². The van der Waals surface area contributed by atoms with Crippen molar-refractivity contribution in [2.24, 2.45) is 11.8 Å². The molecule has 2 atom stereocenters. The molecule has 0 bridgehead atoms. The number of hydrogen-bond acceptors (Lipinski definition) is 2. The van der Waals surface area contributed by atoms with Crippen LogP contribution in [-0.2, 0) is 4.79 Å². The number of nitrogens with one attached hydrogen (secondary N) is 2. The second-order valence-corrected chi connectivity index (χ2v) is 5.90. The zero-order valence-electron chi connectivity index (χ0n) is 12.3. The minimum Gasteiger partial charge on any atom is -0.376 e. The number of anilines is 1. The third kappa shape index (κ3) is 5.41. The van der Waals surface area contributed by atoms with Gasteiger partial charge in [-0.15, -0.1) is 12.4 Å². The lowest BCUT2D eigenvalue weighted by Gasteiger charge is -2.32. The van der Waals surface area contributed by atoms with E-state index in [4.69, 9.17) is 0 Å². The lowest BCUT2D eigenvalue weighted by atomic mass is 9.80. The lowest BCUT2D eigenvalue weighted by molar-refractivity contribution is -0.120. The van der Waals surface area contributed by atoms with Gasteiger partial charge in [0, 0.05) is 11.7 Å². The van der Waals surface area contributed by atoms with Gasteiger partial charge in [0.25, 0.3) is 0 Å². The molecule has 2 N–H and O–H groups in total. The van der Waals surface area contributed by atoms with Gasteiger partial charge in [0.15, 0.2) is 0 Å². The van der Waals surface area contributed by atoms with Crippen LogP contribution in [0.4, 0.5) is 5.69 Å². The van der Waals surface area contributed by atoms with Gasteiger partial charge in [-0.25, -0.2) is 0 Å². The van der Waals surface area contributed by atoms with E-state index in [1.54, 1.807) is 0 Å². The number of carbonyl (C=O) groups excluding carboxylic acids is 1. The molecule has 2 rings (SSSR count). The minimum absolute atomic E-state index is 0. The van der Waals surface area contributed by atoms with E-state index in [0.717, 1.165) is 30.4 Å². The van der Waals surface area contributed by atoms with Crippen LogP contribution in [0.2, 0.25) is 0 Å². The van der Waals surface area contributed by atoms with Gasteiger partial charge in [-0.2, -0.15) is 0 Å². The van der Waals surface area contributed by atoms with Crippen molar-refractivity contribution in [2.75, 3.05) is 11.9 Å². The predicted molar refractivity (Wildman–Crippen MR) is 86.3 cm³/mol. The molecule has 1 fully saturated rings. The summed E-state index contributed by atoms with van der Waals surface area (Å²) in [5.74, 6) is 1.53. The van der Waals surface area contributed by atoms with Crippen molar-refractivity contribution in [3.05, 3.63) is 30.3 Å². The number of benzene rings is 1. The SMILES string of the molecule is CC1CC(C)CC(NC(=O)CNc2ccccc2)C1.Cl. The molecule has 4 heteroatoms. The van der Waals surface area contributed by atoms with Gasteiger partial charge in [-0.05, 0) is 43.2 Å². The number of halogens is 1. The van der Waals surface area contributed by atoms with Crippen LogP contribution >= 0.6 is 12.4 Å². The third-order valence-corrected chi connectivity index (χ3v) is 3.77. The van der Waals surface area contributed by atoms with Crippen LogP contribution in [0.15, 0.2) is 30.3 Å². The van der Waals surface area contributed by atoms with Gasteiger partial charge >= 0.3 is 0 Å². The molecule has 0 heterocycles. The van der Waals surface area contributed by atoms with Crippen molar-refractivity contribution in [3.8, 4) is 0 Å². The van der Waals surface area contributed by atoms with E-state index < -0.39 is 0 Å². The van der Waals surface area contributed by atoms with Gasteiger partial charge in [0.1, 0.15) is 0 Å². The Morgan fingerprint density at radius 2 is 1.70 bits per heavy atom. The molecule has 20 heavy (non-hydrogen) atoms. The van der Waals surface area contributed by atoms with Crippen LogP contribution in [0.25, 0.3) is 0 Å². The van der Waals surface area contributed by atoms with Crippen molar-refractivity contribution in [1.29, 1.82) is 0 Å². The molecule has 0 radical (unpaired) electrons. The molecule has 1 aromatic rings. The van der Waals surface area contributed by atoms with Gasteiger partial charge in [0.2, 0.25) is 5.91 Å². The molecule has 1 amide bonds. The van der Waals surface area contributed by atoms with E-state index in [9.17, 15) is 4.79 Å². The molecule has 0 aliphatic heterocycles. The smallest absolute Gasteiger partial charge is 0.239 e. The summed E-state index contributed by atoms with van der Waals surface area (Å²) < 4.78 is 0. The maximum Gasteiger partial charge on any atom is 0.239 e. The van der Waals surface area contributed by atoms with Crippen molar-refractivity contribution < 1.29 is 4.79 Å². The van der Waals surface area contributed by atoms with Gasteiger partial charge in [0.05, 0.1) is 6.54 Å². The zero-order chi connectivity index (χ0) is 13.7. The molecule has 1 aliphatic carbocycles. The molecule has 2 unspecified atom stereocenters. The number of amides is 1. The maximum atomic E-state index is 11.9. The highest BCUT2D eigenvalue weighted by atomic mass is 35.5. The van der Waals surface area contributed by atoms with Crippen LogP contribution in [0.5, 0.6) is 0 Å². The molecule has 112 valence electrons. The molecule has 0 saturated heterocycles. The summed E-state index contributed by atoms with van der Waals surface area (Å²) in [5, 5.41) is 6.29. The molecule has 3 nitrogen and oxygen atoms in total. The summed E-state index contributed by atoms with van der Waals surface area (Å²) in [5.41, 5.74) is 0.989. The van der Waals surface area contributed by atoms with Crippen molar-refractivity contribution in [1.82, 2.24) is 5.32 Å². The summed E-state index contributed by atoms with van der Waals surface area (Å²) in [6.45, 7) is 4.90. The fourth-order valence-corrected chi connectivity index (χ4v) is 3.08. The number of rotatable bonds is 4. The normalized spacial score (nSPS) is 25.4. The molecule has 1 saturated carbocycles. The number of carbonyl (C=O) groups is 1. The summed E-state index contributed by atoms with van der Waals surface area (Å²) in [6.07, 6.45) is 3.51. The van der Waals surface area contributed by atoms with Crippen LogP contribution in [0.3, 0.4) is 0 Å². The monoisotopic (exact) mass is 296 g/mol. The largest absolute Gasteiger partial charge is 0.376 e. The molecule has 0 spiro atoms. The topological polar surface area (TPSA) is 41.1 Å². The summed E-state index contributed by atoms with van der Waals surface area (Å²) >= 11 is 0. The van der Waals surface area contributed by atoms with E-state index in [1.165, 1.54) is 6.42 Å². The number of para-hydroxylation sites is 1. The van der Waals surface area contributed by atoms with Crippen LogP contribution < -0.4 is 10.6 Å². The molecule has 1 aliphatic rings. The van der Waals surface area contributed by atoms with E-state index in [1.807, 2.05) is 30.3 Å². The average Bonchev–Trinajstić information content (AvgIpc) is 2.36. The predicted octanol–water partition coefficient (Wildman–Crippen LogP) is 3.46. The Morgan fingerprint density at radius 3 is 2.30 bits per heavy atom. The number of hydrogen-bond donors (Lipinski definition) is 2. The maximum absolute atomic E-state index is 11.9. The lowest BCUT2D eigenvalue weighted by Crippen LogP contribution is -2.42. The Bertz CT molecular complexity index is 400. The Labute approximate surface area is 127 Å². The summed E-state index contributed by atoms with van der Waals surface area (Å²) in [6, 6.07) is 10.2. The van der Waals surface area contributed by atoms with E-state index in [0.29, 0.717) is 12.6 Å². The fourth-order valence-electron chi connectivity index (χ4n) is 3.08. The summed E-state index contributed by atoms with van der Waals surface area (Å²) in [4.78, 5) is 11.9. The van der Waals surface area contributed by atoms with Crippen LogP contribution in [-0.4, -0.2) is 18.5 Å². The van der Waals surface area contributed by atoms with Gasteiger partial charge in [-0.3, -0.25) is 4.79 Å². The molecular formula is C16H25ClN2O. The van der Waals surface area contributed by atoms with Gasteiger partial charge < -0.3 is 10.6 Å². The Balaban J connectivity index is 0.00000200. The van der Waals surface area contributed by atoms with E-state index >= 15 is 0 Å². The van der Waals surface area contributed by atoms with Crippen LogP contribution in [0.1, 0.15) is 33.1 Å². The van der Waals surface area contributed by atoms with E-state index in [-0.39, 0.29) is 18.3 Å². The molecule has 0 aromatic heterocycles. The highest BCUT2D eigenvalue weighted by Crippen LogP contribution is 2.28. The third-order valence-electron chi connectivity index (χ3n) is 3.77. The Morgan fingerprint density at radius 1 is 1.10 bits per heavy atom. The second kappa shape index (κ2) is 8.15. The van der Waals surface area contributed by atoms with E-state index in [2.05, 4.69) is 24.5 Å². The first-order valence-corrected chi connectivity index (χ1v) is 7.21. The quantitative estimate of drug-likeness (QED) is 0.893. The summed E-state index contributed by atoms with van der Waals surface area (Å²) in [7, 11) is 0.